The predicted octanol–water partition coefficient (Wildman–Crippen LogP) is 4.75. The summed E-state index contributed by atoms with van der Waals surface area (Å²) < 4.78 is 5.21. The molecule has 1 aliphatic heterocycles. The lowest BCUT2D eigenvalue weighted by Crippen LogP contribution is -2.32. The molecule has 2 heterocycles. The zero-order valence-corrected chi connectivity index (χ0v) is 15.9. The topological polar surface area (TPSA) is 54.5 Å². The molecule has 0 atom stereocenters. The molecular formula is C20H37N3O2. The van der Waals surface area contributed by atoms with Crippen molar-refractivity contribution >= 4 is 6.09 Å². The molecule has 0 unspecified atom stereocenters. The first-order chi connectivity index (χ1) is 11.4. The maximum atomic E-state index is 11.6. The van der Waals surface area contributed by atoms with Crippen molar-refractivity contribution in [3.63, 3.8) is 0 Å². The summed E-state index contributed by atoms with van der Waals surface area (Å²) in [6, 6.07) is 4.06. The van der Waals surface area contributed by atoms with E-state index in [9.17, 15) is 4.79 Å². The van der Waals surface area contributed by atoms with E-state index in [0.29, 0.717) is 6.54 Å². The van der Waals surface area contributed by atoms with Gasteiger partial charge >= 0.3 is 6.09 Å². The molecule has 1 amide bonds. The van der Waals surface area contributed by atoms with Gasteiger partial charge in [-0.1, -0.05) is 33.8 Å². The van der Waals surface area contributed by atoms with Crippen molar-refractivity contribution in [2.24, 2.45) is 0 Å². The van der Waals surface area contributed by atoms with Gasteiger partial charge < -0.3 is 10.1 Å². The Kier molecular flexibility index (Phi) is 11.1. The molecule has 1 aromatic heterocycles. The molecule has 0 saturated carbocycles. The van der Waals surface area contributed by atoms with Crippen LogP contribution < -0.4 is 5.32 Å². The normalized spacial score (nSPS) is 14.6. The number of carbonyl (C=O) groups is 1. The molecule has 0 radical (unpaired) electrons. The fraction of sp³-hybridized carbons (Fsp3) is 0.700. The molecule has 5 nitrogen and oxygen atoms in total. The minimum Gasteiger partial charge on any atom is -0.444 e. The first kappa shape index (κ1) is 23.4. The summed E-state index contributed by atoms with van der Waals surface area (Å²) in [5.74, 6) is 0. The molecule has 1 aromatic rings. The third kappa shape index (κ3) is 10.1. The zero-order chi connectivity index (χ0) is 18.0. The summed E-state index contributed by atoms with van der Waals surface area (Å²) in [5.41, 5.74) is 1.59. The van der Waals surface area contributed by atoms with Crippen LogP contribution in [0, 0.1) is 0 Å². The van der Waals surface area contributed by atoms with Gasteiger partial charge in [-0.2, -0.15) is 0 Å². The van der Waals surface area contributed by atoms with Crippen molar-refractivity contribution in [3.05, 3.63) is 29.6 Å². The second-order valence-corrected chi connectivity index (χ2v) is 6.85. The van der Waals surface area contributed by atoms with Crippen LogP contribution in [-0.2, 0) is 17.8 Å². The molecule has 1 aliphatic rings. The van der Waals surface area contributed by atoms with Crippen molar-refractivity contribution in [2.45, 2.75) is 80.0 Å². The molecule has 144 valence electrons. The lowest BCUT2D eigenvalue weighted by atomic mass is 10.1. The predicted molar refractivity (Wildman–Crippen MR) is 105 cm³/mol. The fourth-order valence-electron chi connectivity index (χ4n) is 2.49. The van der Waals surface area contributed by atoms with Gasteiger partial charge in [-0.25, -0.2) is 4.79 Å². The van der Waals surface area contributed by atoms with Crippen LogP contribution in [0.1, 0.15) is 72.6 Å². The number of nitrogens with zero attached hydrogens (tertiary/aromatic N) is 2. The Morgan fingerprint density at radius 1 is 1.20 bits per heavy atom. The summed E-state index contributed by atoms with van der Waals surface area (Å²) in [7, 11) is 0. The number of pyridine rings is 1. The van der Waals surface area contributed by atoms with Gasteiger partial charge in [0.15, 0.2) is 0 Å². The van der Waals surface area contributed by atoms with Gasteiger partial charge in [-0.15, -0.1) is 0 Å². The molecule has 1 saturated heterocycles. The van der Waals surface area contributed by atoms with E-state index in [1.165, 1.54) is 32.4 Å². The number of likely N-dealkylation sites (tertiary alicyclic amines) is 1. The van der Waals surface area contributed by atoms with E-state index in [4.69, 9.17) is 4.74 Å². The molecule has 0 bridgehead atoms. The Labute approximate surface area is 154 Å². The molecule has 5 heteroatoms. The SMILES string of the molecule is C.CC.CC(C)(C)OC(=O)NCc1ccc(CN2CCCCC2)nc1. The minimum absolute atomic E-state index is 0. The third-order valence-corrected chi connectivity index (χ3v) is 3.56. The number of hydrogen-bond acceptors (Lipinski definition) is 4. The summed E-state index contributed by atoms with van der Waals surface area (Å²) >= 11 is 0. The summed E-state index contributed by atoms with van der Waals surface area (Å²) in [6.45, 7) is 13.2. The molecular weight excluding hydrogens is 314 g/mol. The van der Waals surface area contributed by atoms with E-state index < -0.39 is 11.7 Å². The van der Waals surface area contributed by atoms with E-state index in [2.05, 4.69) is 15.2 Å². The highest BCUT2D eigenvalue weighted by molar-refractivity contribution is 5.67. The van der Waals surface area contributed by atoms with Crippen molar-refractivity contribution in [3.8, 4) is 0 Å². The molecule has 0 aliphatic carbocycles. The quantitative estimate of drug-likeness (QED) is 0.850. The van der Waals surface area contributed by atoms with E-state index in [1.807, 2.05) is 52.9 Å². The Morgan fingerprint density at radius 2 is 1.84 bits per heavy atom. The van der Waals surface area contributed by atoms with Crippen LogP contribution in [0.5, 0.6) is 0 Å². The number of ether oxygens (including phenoxy) is 1. The average molecular weight is 352 g/mol. The van der Waals surface area contributed by atoms with Crippen molar-refractivity contribution in [1.82, 2.24) is 15.2 Å². The van der Waals surface area contributed by atoms with Crippen molar-refractivity contribution < 1.29 is 9.53 Å². The van der Waals surface area contributed by atoms with Gasteiger partial charge in [0.05, 0.1) is 5.69 Å². The van der Waals surface area contributed by atoms with E-state index >= 15 is 0 Å². The van der Waals surface area contributed by atoms with Gasteiger partial charge in [0.1, 0.15) is 5.60 Å². The number of nitrogens with one attached hydrogen (secondary N) is 1. The Bertz CT molecular complexity index is 475. The van der Waals surface area contributed by atoms with Crippen LogP contribution in [0.25, 0.3) is 0 Å². The maximum Gasteiger partial charge on any atom is 0.407 e. The molecule has 0 aromatic carbocycles. The number of alkyl carbamates (subject to hydrolysis) is 1. The molecule has 0 spiro atoms. The summed E-state index contributed by atoms with van der Waals surface area (Å²) in [6.07, 6.45) is 5.36. The zero-order valence-electron chi connectivity index (χ0n) is 15.9. The average Bonchev–Trinajstić information content (AvgIpc) is 2.55. The van der Waals surface area contributed by atoms with E-state index in [0.717, 1.165) is 17.8 Å². The van der Waals surface area contributed by atoms with Gasteiger partial charge in [-0.05, 0) is 58.3 Å². The van der Waals surface area contributed by atoms with Gasteiger partial charge in [0.2, 0.25) is 0 Å². The molecule has 1 N–H and O–H groups in total. The van der Waals surface area contributed by atoms with Crippen LogP contribution in [0.4, 0.5) is 4.79 Å². The lowest BCUT2D eigenvalue weighted by molar-refractivity contribution is 0.0523. The minimum atomic E-state index is -0.472. The molecule has 2 rings (SSSR count). The highest BCUT2D eigenvalue weighted by Crippen LogP contribution is 2.12. The van der Waals surface area contributed by atoms with Crippen LogP contribution in [-0.4, -0.2) is 34.7 Å². The number of piperidine rings is 1. The summed E-state index contributed by atoms with van der Waals surface area (Å²) in [5, 5.41) is 2.74. The second kappa shape index (κ2) is 11.9. The third-order valence-electron chi connectivity index (χ3n) is 3.56. The molecule has 1 fully saturated rings. The van der Waals surface area contributed by atoms with E-state index in [1.54, 1.807) is 0 Å². The fourth-order valence-corrected chi connectivity index (χ4v) is 2.49. The maximum absolute atomic E-state index is 11.6. The van der Waals surface area contributed by atoms with Crippen LogP contribution in [0.15, 0.2) is 18.3 Å². The number of hydrogen-bond donors (Lipinski definition) is 1. The lowest BCUT2D eigenvalue weighted by Gasteiger charge is -2.25. The Balaban J connectivity index is 0.00000185. The Hall–Kier alpha value is -1.62. The first-order valence-electron chi connectivity index (χ1n) is 9.05. The molecule has 25 heavy (non-hydrogen) atoms. The standard InChI is InChI=1S/C17H27N3O2.C2H6.CH4/c1-17(2,3)22-16(21)19-12-14-7-8-15(18-11-14)13-20-9-5-4-6-10-20;1-2;/h7-8,11H,4-6,9-10,12-13H2,1-3H3,(H,19,21);1-2H3;1H4. The number of carbonyl (C=O) groups excluding carboxylic acids is 1. The van der Waals surface area contributed by atoms with Crippen molar-refractivity contribution in [2.75, 3.05) is 13.1 Å². The van der Waals surface area contributed by atoms with E-state index in [-0.39, 0.29) is 7.43 Å². The van der Waals surface area contributed by atoms with Gasteiger partial charge in [-0.3, -0.25) is 9.88 Å². The summed E-state index contributed by atoms with van der Waals surface area (Å²) in [4.78, 5) is 18.5. The van der Waals surface area contributed by atoms with Crippen LogP contribution in [0.3, 0.4) is 0 Å². The van der Waals surface area contributed by atoms with Crippen molar-refractivity contribution in [1.29, 1.82) is 0 Å². The second-order valence-electron chi connectivity index (χ2n) is 6.85. The highest BCUT2D eigenvalue weighted by atomic mass is 16.6. The van der Waals surface area contributed by atoms with Crippen LogP contribution in [0.2, 0.25) is 0 Å². The Morgan fingerprint density at radius 3 is 2.36 bits per heavy atom. The number of aromatic nitrogens is 1. The monoisotopic (exact) mass is 351 g/mol. The number of rotatable bonds is 4. The van der Waals surface area contributed by atoms with Gasteiger partial charge in [0.25, 0.3) is 0 Å². The number of amides is 1. The smallest absolute Gasteiger partial charge is 0.407 e. The first-order valence-corrected chi connectivity index (χ1v) is 9.05. The highest BCUT2D eigenvalue weighted by Gasteiger charge is 2.15. The van der Waals surface area contributed by atoms with Gasteiger partial charge in [0, 0.05) is 19.3 Å². The van der Waals surface area contributed by atoms with Crippen LogP contribution >= 0.6 is 0 Å². The largest absolute Gasteiger partial charge is 0.444 e.